The van der Waals surface area contributed by atoms with Crippen LogP contribution >= 0.6 is 0 Å². The van der Waals surface area contributed by atoms with E-state index in [2.05, 4.69) is 275 Å². The average Bonchev–Trinajstić information content (AvgIpc) is 4.42. The van der Waals surface area contributed by atoms with Gasteiger partial charge in [0.2, 0.25) is 0 Å². The third-order valence-electron chi connectivity index (χ3n) is 16.3. The van der Waals surface area contributed by atoms with Crippen LogP contribution in [0.2, 0.25) is 0 Å². The van der Waals surface area contributed by atoms with Gasteiger partial charge in [-0.1, -0.05) is 115 Å². The molecule has 6 nitrogen and oxygen atoms in total. The van der Waals surface area contributed by atoms with Crippen molar-refractivity contribution < 1.29 is 8.83 Å². The Labute approximate surface area is 449 Å². The molecule has 0 bridgehead atoms. The highest BCUT2D eigenvalue weighted by atomic mass is 16.3. The van der Waals surface area contributed by atoms with Crippen LogP contribution in [0, 0.1) is 0 Å². The molecule has 0 fully saturated rings. The maximum Gasteiger partial charge on any atom is 0.147 e. The Hall–Kier alpha value is -10.0. The van der Waals surface area contributed by atoms with E-state index in [0.29, 0.717) is 0 Å². The zero-order valence-corrected chi connectivity index (χ0v) is 43.1. The zero-order chi connectivity index (χ0) is 51.6. The van der Waals surface area contributed by atoms with E-state index in [1.165, 1.54) is 43.6 Å². The topological polar surface area (TPSA) is 42.6 Å². The molecule has 78 heavy (non-hydrogen) atoms. The maximum atomic E-state index is 7.10. The number of rotatable bonds is 9. The van der Waals surface area contributed by atoms with E-state index >= 15 is 0 Å². The van der Waals surface area contributed by atoms with Crippen LogP contribution in [-0.2, 0) is 13.1 Å². The lowest BCUT2D eigenvalue weighted by molar-refractivity contribution is 0.658. The van der Waals surface area contributed by atoms with Crippen LogP contribution in [0.15, 0.2) is 251 Å². The minimum atomic E-state index is 0.813. The van der Waals surface area contributed by atoms with Crippen LogP contribution in [-0.4, -0.2) is 9.13 Å². The standard InChI is InChI=1S/C72H50N4O2/c1-3-73-64-26-16-14-24-56(64)58-42-54(32-34-66(58)73)75(50-20-10-6-11-21-50)52-30-28-46-38-60-62-44-63-61-39-47-29-31-53(76(51-22-12-7-13-23-51)55-33-35-67-59(43-55)57-25-15-17-27-65(57)74(67)4-2)37-49(47)41-69(61)78-72(63)70(45-18-8-5-9-19-45)71(62)77-68(60)40-48(46)36-52/h5-44H,3-4H2,1-2H3. The van der Waals surface area contributed by atoms with Gasteiger partial charge in [0.15, 0.2) is 0 Å². The van der Waals surface area contributed by atoms with E-state index < -0.39 is 0 Å². The molecule has 16 aromatic rings. The molecule has 0 aliphatic heterocycles. The average molecular weight is 1000 g/mol. The Morgan fingerprint density at radius 2 is 0.692 bits per heavy atom. The Morgan fingerprint density at radius 1 is 0.295 bits per heavy atom. The van der Waals surface area contributed by atoms with Gasteiger partial charge in [-0.05, 0) is 168 Å². The molecule has 0 amide bonds. The normalized spacial score (nSPS) is 12.1. The summed E-state index contributed by atoms with van der Waals surface area (Å²) in [5.74, 6) is 0. The largest absolute Gasteiger partial charge is 0.455 e. The first-order chi connectivity index (χ1) is 38.6. The van der Waals surface area contributed by atoms with Gasteiger partial charge in [-0.15, -0.1) is 0 Å². The number of hydrogen-bond acceptors (Lipinski definition) is 4. The monoisotopic (exact) mass is 1000 g/mol. The number of anilines is 6. The molecular weight excluding hydrogens is 953 g/mol. The number of nitrogens with zero attached hydrogens (tertiary/aromatic N) is 4. The predicted molar refractivity (Wildman–Crippen MR) is 328 cm³/mol. The first-order valence-corrected chi connectivity index (χ1v) is 27.1. The summed E-state index contributed by atoms with van der Waals surface area (Å²) in [6.45, 7) is 6.25. The number of aryl methyl sites for hydroxylation is 2. The quantitative estimate of drug-likeness (QED) is 0.145. The van der Waals surface area contributed by atoms with E-state index in [4.69, 9.17) is 8.83 Å². The summed E-state index contributed by atoms with van der Waals surface area (Å²) in [5.41, 5.74) is 16.8. The lowest BCUT2D eigenvalue weighted by atomic mass is 9.97. The van der Waals surface area contributed by atoms with Crippen LogP contribution in [0.4, 0.5) is 34.1 Å². The molecule has 0 N–H and O–H groups in total. The molecule has 12 aromatic carbocycles. The van der Waals surface area contributed by atoms with Gasteiger partial charge >= 0.3 is 0 Å². The molecule has 4 aromatic heterocycles. The van der Waals surface area contributed by atoms with Crippen molar-refractivity contribution in [1.82, 2.24) is 9.13 Å². The smallest absolute Gasteiger partial charge is 0.147 e. The van der Waals surface area contributed by atoms with Crippen molar-refractivity contribution in [2.75, 3.05) is 9.80 Å². The molecule has 0 aliphatic rings. The third kappa shape index (κ3) is 6.69. The highest BCUT2D eigenvalue weighted by Gasteiger charge is 2.24. The summed E-state index contributed by atoms with van der Waals surface area (Å²) >= 11 is 0. The third-order valence-corrected chi connectivity index (χ3v) is 16.3. The molecule has 0 spiro atoms. The summed E-state index contributed by atoms with van der Waals surface area (Å²) < 4.78 is 19.0. The molecule has 0 aliphatic carbocycles. The number of furan rings is 2. The minimum absolute atomic E-state index is 0.813. The van der Waals surface area contributed by atoms with Crippen LogP contribution < -0.4 is 9.80 Å². The SMILES string of the molecule is CCn1c2ccccc2c2cc(N(c3ccccc3)c3ccc4cc5c(cc4c3)oc3c(-c4ccccc4)c4oc6cc7cc(N(c8ccccc8)c8ccc9c(c8)c8ccccc8n9CC)ccc7cc6c4cc35)ccc21. The molecule has 6 heteroatoms. The van der Waals surface area contributed by atoms with Gasteiger partial charge in [0.1, 0.15) is 22.3 Å². The number of para-hydroxylation sites is 4. The van der Waals surface area contributed by atoms with Gasteiger partial charge in [-0.2, -0.15) is 0 Å². The molecule has 0 saturated heterocycles. The second kappa shape index (κ2) is 17.2. The van der Waals surface area contributed by atoms with Gasteiger partial charge in [0, 0.05) is 112 Å². The molecular formula is C72H50N4O2. The lowest BCUT2D eigenvalue weighted by Gasteiger charge is -2.26. The van der Waals surface area contributed by atoms with Crippen molar-refractivity contribution in [3.8, 4) is 11.1 Å². The Kier molecular flexibility index (Phi) is 9.79. The highest BCUT2D eigenvalue weighted by molar-refractivity contribution is 6.24. The zero-order valence-electron chi connectivity index (χ0n) is 43.1. The fourth-order valence-corrected chi connectivity index (χ4v) is 12.8. The molecule has 4 heterocycles. The molecule has 16 rings (SSSR count). The van der Waals surface area contributed by atoms with Crippen LogP contribution in [0.3, 0.4) is 0 Å². The number of fused-ring (bicyclic) bond motifs is 14. The van der Waals surface area contributed by atoms with Crippen molar-refractivity contribution >= 4 is 143 Å². The van der Waals surface area contributed by atoms with Crippen molar-refractivity contribution in [2.24, 2.45) is 0 Å². The number of benzene rings is 12. The predicted octanol–water partition coefficient (Wildman–Crippen LogP) is 20.7. The second-order valence-corrected chi connectivity index (χ2v) is 20.6. The summed E-state index contributed by atoms with van der Waals surface area (Å²) in [7, 11) is 0. The number of hydrogen-bond donors (Lipinski definition) is 0. The molecule has 370 valence electrons. The lowest BCUT2D eigenvalue weighted by Crippen LogP contribution is -2.09. The van der Waals surface area contributed by atoms with E-state index in [0.717, 1.165) is 124 Å². The fraction of sp³-hybridized carbons (Fsp3) is 0.0556. The maximum absolute atomic E-state index is 7.10. The Balaban J connectivity index is 0.840. The fourth-order valence-electron chi connectivity index (χ4n) is 12.8. The summed E-state index contributed by atoms with van der Waals surface area (Å²) in [6, 6.07) is 88.1. The molecule has 0 unspecified atom stereocenters. The Morgan fingerprint density at radius 3 is 1.15 bits per heavy atom. The number of aromatic nitrogens is 2. The summed E-state index contributed by atoms with van der Waals surface area (Å²) in [4.78, 5) is 4.73. The van der Waals surface area contributed by atoms with Crippen molar-refractivity contribution in [2.45, 2.75) is 26.9 Å². The van der Waals surface area contributed by atoms with E-state index in [1.807, 2.05) is 0 Å². The molecule has 0 atom stereocenters. The van der Waals surface area contributed by atoms with E-state index in [-0.39, 0.29) is 0 Å². The van der Waals surface area contributed by atoms with Gasteiger partial charge in [0.25, 0.3) is 0 Å². The van der Waals surface area contributed by atoms with Gasteiger partial charge < -0.3 is 27.8 Å². The summed E-state index contributed by atoms with van der Waals surface area (Å²) in [5, 5.41) is 13.8. The van der Waals surface area contributed by atoms with Crippen LogP contribution in [0.5, 0.6) is 0 Å². The van der Waals surface area contributed by atoms with E-state index in [9.17, 15) is 0 Å². The van der Waals surface area contributed by atoms with Gasteiger partial charge in [0.05, 0.1) is 5.56 Å². The second-order valence-electron chi connectivity index (χ2n) is 20.6. The van der Waals surface area contributed by atoms with Crippen molar-refractivity contribution in [3.63, 3.8) is 0 Å². The van der Waals surface area contributed by atoms with Crippen LogP contribution in [0.25, 0.3) is 120 Å². The van der Waals surface area contributed by atoms with Gasteiger partial charge in [-0.3, -0.25) is 0 Å². The minimum Gasteiger partial charge on any atom is -0.455 e. The molecule has 0 radical (unpaired) electrons. The van der Waals surface area contributed by atoms with Crippen LogP contribution in [0.1, 0.15) is 13.8 Å². The first kappa shape index (κ1) is 44.3. The van der Waals surface area contributed by atoms with Crippen molar-refractivity contribution in [3.05, 3.63) is 243 Å². The highest BCUT2D eigenvalue weighted by Crippen LogP contribution is 2.48. The van der Waals surface area contributed by atoms with Crippen molar-refractivity contribution in [1.29, 1.82) is 0 Å². The molecule has 0 saturated carbocycles. The van der Waals surface area contributed by atoms with E-state index in [1.54, 1.807) is 0 Å². The van der Waals surface area contributed by atoms with Gasteiger partial charge in [-0.25, -0.2) is 0 Å². The first-order valence-electron chi connectivity index (χ1n) is 27.1. The Bertz CT molecular complexity index is 4770. The summed E-state index contributed by atoms with van der Waals surface area (Å²) in [6.07, 6.45) is 0.